The molecule has 1 unspecified atom stereocenters. The number of rotatable bonds is 3. The van der Waals surface area contributed by atoms with E-state index in [1.165, 1.54) is 0 Å². The van der Waals surface area contributed by atoms with Crippen LogP contribution in [0, 0.1) is 6.92 Å². The maximum atomic E-state index is 11.4. The molecule has 0 saturated carbocycles. The number of aryl methyl sites for hydroxylation is 1. The van der Waals surface area contributed by atoms with Gasteiger partial charge in [0.1, 0.15) is 0 Å². The first-order valence-electron chi connectivity index (χ1n) is 6.14. The summed E-state index contributed by atoms with van der Waals surface area (Å²) in [4.78, 5) is 2.06. The first kappa shape index (κ1) is 13.5. The van der Waals surface area contributed by atoms with E-state index in [1.54, 1.807) is 0 Å². The van der Waals surface area contributed by atoms with Crippen LogP contribution in [0.25, 0.3) is 0 Å². The van der Waals surface area contributed by atoms with Crippen LogP contribution < -0.4 is 0 Å². The minimum Gasteiger partial charge on any atom is -0.394 e. The second kappa shape index (κ2) is 5.38. The Bertz CT molecular complexity index is 499. The molecule has 1 heterocycles. The van der Waals surface area contributed by atoms with Gasteiger partial charge in [0, 0.05) is 13.1 Å². The van der Waals surface area contributed by atoms with Crippen molar-refractivity contribution in [3.05, 3.63) is 35.4 Å². The summed E-state index contributed by atoms with van der Waals surface area (Å²) in [5.41, 5.74) is 2.21. The molecule has 1 N–H and O–H groups in total. The molecule has 5 heteroatoms. The zero-order chi connectivity index (χ0) is 13.2. The molecule has 0 aromatic heterocycles. The van der Waals surface area contributed by atoms with Crippen molar-refractivity contribution in [3.63, 3.8) is 0 Å². The van der Waals surface area contributed by atoms with E-state index in [4.69, 9.17) is 0 Å². The maximum Gasteiger partial charge on any atom is 0.152 e. The first-order valence-corrected chi connectivity index (χ1v) is 7.96. The summed E-state index contributed by atoms with van der Waals surface area (Å²) in [6.45, 7) is 3.04. The number of sulfone groups is 1. The van der Waals surface area contributed by atoms with Crippen LogP contribution in [0.15, 0.2) is 24.3 Å². The molecule has 1 aliphatic heterocycles. The van der Waals surface area contributed by atoms with Gasteiger partial charge in [0.2, 0.25) is 0 Å². The number of benzene rings is 1. The van der Waals surface area contributed by atoms with Crippen LogP contribution in [0.5, 0.6) is 0 Å². The lowest BCUT2D eigenvalue weighted by molar-refractivity contribution is 0.131. The molecule has 1 aromatic carbocycles. The summed E-state index contributed by atoms with van der Waals surface area (Å²) in [7, 11) is -2.87. The Morgan fingerprint density at radius 1 is 1.28 bits per heavy atom. The van der Waals surface area contributed by atoms with Gasteiger partial charge in [-0.1, -0.05) is 24.3 Å². The first-order chi connectivity index (χ1) is 8.53. The molecule has 0 amide bonds. The van der Waals surface area contributed by atoms with Gasteiger partial charge in [-0.2, -0.15) is 0 Å². The van der Waals surface area contributed by atoms with E-state index in [0.29, 0.717) is 13.1 Å². The Morgan fingerprint density at radius 3 is 2.44 bits per heavy atom. The van der Waals surface area contributed by atoms with Crippen LogP contribution in [0.4, 0.5) is 0 Å². The summed E-state index contributed by atoms with van der Waals surface area (Å²) in [5.74, 6) is 0.380. The highest BCUT2D eigenvalue weighted by Crippen LogP contribution is 2.24. The fourth-order valence-electron chi connectivity index (χ4n) is 2.41. The summed E-state index contributed by atoms with van der Waals surface area (Å²) >= 11 is 0. The third-order valence-corrected chi connectivity index (χ3v) is 5.15. The average Bonchev–Trinajstić information content (AvgIpc) is 2.34. The molecule has 1 aliphatic rings. The molecule has 1 saturated heterocycles. The van der Waals surface area contributed by atoms with Crippen molar-refractivity contribution >= 4 is 9.84 Å². The highest BCUT2D eigenvalue weighted by atomic mass is 32.2. The fourth-order valence-corrected chi connectivity index (χ4v) is 3.64. The van der Waals surface area contributed by atoms with Crippen LogP contribution in [0.2, 0.25) is 0 Å². The van der Waals surface area contributed by atoms with E-state index < -0.39 is 9.84 Å². The summed E-state index contributed by atoms with van der Waals surface area (Å²) in [5, 5.41) is 9.60. The molecular weight excluding hydrogens is 250 g/mol. The molecular formula is C13H19NO3S. The smallest absolute Gasteiger partial charge is 0.152 e. The number of nitrogens with zero attached hydrogens (tertiary/aromatic N) is 1. The molecule has 2 rings (SSSR count). The van der Waals surface area contributed by atoms with Crippen molar-refractivity contribution in [3.8, 4) is 0 Å². The molecule has 0 spiro atoms. The Morgan fingerprint density at radius 2 is 1.89 bits per heavy atom. The number of hydrogen-bond acceptors (Lipinski definition) is 4. The van der Waals surface area contributed by atoms with E-state index in [-0.39, 0.29) is 24.2 Å². The predicted octanol–water partition coefficient (Wildman–Crippen LogP) is 0.759. The summed E-state index contributed by atoms with van der Waals surface area (Å²) < 4.78 is 22.8. The third-order valence-electron chi connectivity index (χ3n) is 3.54. The highest BCUT2D eigenvalue weighted by Gasteiger charge is 2.28. The molecule has 100 valence electrons. The SMILES string of the molecule is Cc1ccccc1C(CO)N1CCS(=O)(=O)CC1. The Hall–Kier alpha value is -0.910. The van der Waals surface area contributed by atoms with Gasteiger partial charge in [-0.15, -0.1) is 0 Å². The van der Waals surface area contributed by atoms with Crippen molar-refractivity contribution in [2.24, 2.45) is 0 Å². The maximum absolute atomic E-state index is 11.4. The fraction of sp³-hybridized carbons (Fsp3) is 0.538. The van der Waals surface area contributed by atoms with Crippen LogP contribution in [-0.2, 0) is 9.84 Å². The van der Waals surface area contributed by atoms with Crippen molar-refractivity contribution < 1.29 is 13.5 Å². The van der Waals surface area contributed by atoms with Crippen molar-refractivity contribution in [2.45, 2.75) is 13.0 Å². The van der Waals surface area contributed by atoms with Gasteiger partial charge in [-0.05, 0) is 18.1 Å². The molecule has 18 heavy (non-hydrogen) atoms. The van der Waals surface area contributed by atoms with E-state index in [9.17, 15) is 13.5 Å². The number of aliphatic hydroxyl groups excluding tert-OH is 1. The molecule has 1 aromatic rings. The largest absolute Gasteiger partial charge is 0.394 e. The Kier molecular flexibility index (Phi) is 4.04. The van der Waals surface area contributed by atoms with Crippen molar-refractivity contribution in [1.29, 1.82) is 0 Å². The van der Waals surface area contributed by atoms with Crippen LogP contribution in [0.1, 0.15) is 17.2 Å². The summed E-state index contributed by atoms with van der Waals surface area (Å²) in [6, 6.07) is 7.83. The Balaban J connectivity index is 2.18. The van der Waals surface area contributed by atoms with Crippen LogP contribution in [-0.4, -0.2) is 49.6 Å². The third kappa shape index (κ3) is 2.91. The second-order valence-corrected chi connectivity index (χ2v) is 7.05. The molecule has 0 aliphatic carbocycles. The summed E-state index contributed by atoms with van der Waals surface area (Å²) in [6.07, 6.45) is 0. The predicted molar refractivity (Wildman–Crippen MR) is 71.2 cm³/mol. The average molecular weight is 269 g/mol. The van der Waals surface area contributed by atoms with Gasteiger partial charge >= 0.3 is 0 Å². The van der Waals surface area contributed by atoms with E-state index in [1.807, 2.05) is 31.2 Å². The molecule has 1 fully saturated rings. The molecule has 0 bridgehead atoms. The van der Waals surface area contributed by atoms with Gasteiger partial charge in [0.25, 0.3) is 0 Å². The number of aliphatic hydroxyl groups is 1. The lowest BCUT2D eigenvalue weighted by Crippen LogP contribution is -2.43. The topological polar surface area (TPSA) is 57.6 Å². The van der Waals surface area contributed by atoms with Crippen molar-refractivity contribution in [1.82, 2.24) is 4.90 Å². The van der Waals surface area contributed by atoms with E-state index >= 15 is 0 Å². The number of hydrogen-bond donors (Lipinski definition) is 1. The monoisotopic (exact) mass is 269 g/mol. The second-order valence-electron chi connectivity index (χ2n) is 4.74. The minimum atomic E-state index is -2.87. The van der Waals surface area contributed by atoms with Crippen LogP contribution >= 0.6 is 0 Å². The molecule has 0 radical (unpaired) electrons. The van der Waals surface area contributed by atoms with Gasteiger partial charge < -0.3 is 5.11 Å². The highest BCUT2D eigenvalue weighted by molar-refractivity contribution is 7.91. The minimum absolute atomic E-state index is 0.0188. The molecule has 4 nitrogen and oxygen atoms in total. The van der Waals surface area contributed by atoms with Gasteiger partial charge in [-0.3, -0.25) is 4.90 Å². The van der Waals surface area contributed by atoms with Gasteiger partial charge in [0.05, 0.1) is 24.2 Å². The van der Waals surface area contributed by atoms with Crippen LogP contribution in [0.3, 0.4) is 0 Å². The van der Waals surface area contributed by atoms with Gasteiger partial charge in [0.15, 0.2) is 9.84 Å². The van der Waals surface area contributed by atoms with E-state index in [0.717, 1.165) is 11.1 Å². The standard InChI is InChI=1S/C13H19NO3S/c1-11-4-2-3-5-12(11)13(10-15)14-6-8-18(16,17)9-7-14/h2-5,13,15H,6-10H2,1H3. The van der Waals surface area contributed by atoms with Crippen molar-refractivity contribution in [2.75, 3.05) is 31.2 Å². The zero-order valence-electron chi connectivity index (χ0n) is 10.5. The lowest BCUT2D eigenvalue weighted by atomic mass is 10.0. The van der Waals surface area contributed by atoms with Gasteiger partial charge in [-0.25, -0.2) is 8.42 Å². The quantitative estimate of drug-likeness (QED) is 0.880. The zero-order valence-corrected chi connectivity index (χ0v) is 11.4. The molecule has 1 atom stereocenters. The normalized spacial score (nSPS) is 21.7. The van der Waals surface area contributed by atoms with E-state index in [2.05, 4.69) is 4.90 Å². The lowest BCUT2D eigenvalue weighted by Gasteiger charge is -2.34. The Labute approximate surface area is 108 Å².